The fraction of sp³-hybridized carbons (Fsp3) is 0.318. The third kappa shape index (κ3) is 3.97. The van der Waals surface area contributed by atoms with E-state index in [1.165, 1.54) is 17.0 Å². The first-order valence-electron chi connectivity index (χ1n) is 10.3. The molecular formula is C22H18F3N5O3S. The molecule has 4 aromatic rings. The predicted octanol–water partition coefficient (Wildman–Crippen LogP) is 3.39. The highest BCUT2D eigenvalue weighted by molar-refractivity contribution is 7.15. The summed E-state index contributed by atoms with van der Waals surface area (Å²) in [6.07, 6.45) is 0.268. The van der Waals surface area contributed by atoms with Crippen molar-refractivity contribution in [1.82, 2.24) is 24.5 Å². The summed E-state index contributed by atoms with van der Waals surface area (Å²) in [6.45, 7) is 2.44. The lowest BCUT2D eigenvalue weighted by molar-refractivity contribution is -0.137. The van der Waals surface area contributed by atoms with E-state index in [-0.39, 0.29) is 35.7 Å². The number of hydrogen-bond acceptors (Lipinski definition) is 8. The van der Waals surface area contributed by atoms with Crippen LogP contribution in [-0.4, -0.2) is 48.9 Å². The quantitative estimate of drug-likeness (QED) is 0.469. The maximum atomic E-state index is 13.5. The van der Waals surface area contributed by atoms with E-state index >= 15 is 0 Å². The van der Waals surface area contributed by atoms with Gasteiger partial charge in [0.15, 0.2) is 5.01 Å². The van der Waals surface area contributed by atoms with Gasteiger partial charge < -0.3 is 9.84 Å². The number of hydrogen-bond donors (Lipinski definition) is 1. The zero-order chi connectivity index (χ0) is 24.1. The average molecular weight is 489 g/mol. The van der Waals surface area contributed by atoms with Crippen molar-refractivity contribution in [3.63, 3.8) is 0 Å². The van der Waals surface area contributed by atoms with Crippen LogP contribution in [0.1, 0.15) is 11.9 Å². The van der Waals surface area contributed by atoms with Crippen LogP contribution in [0.4, 0.5) is 13.2 Å². The van der Waals surface area contributed by atoms with E-state index in [0.717, 1.165) is 6.20 Å². The Morgan fingerprint density at radius 3 is 2.79 bits per heavy atom. The second-order valence-electron chi connectivity index (χ2n) is 8.38. The van der Waals surface area contributed by atoms with E-state index in [2.05, 4.69) is 19.9 Å². The number of thiazole rings is 1. The average Bonchev–Trinajstić information content (AvgIpc) is 3.43. The SMILES string of the molecule is CC1(Cn2cnc3c(-c4cccnc4)nc(-c4cnc(C(F)(F)F)s4)cc3c2=O)COC[C@H]1O. The number of fused-ring (bicyclic) bond motifs is 1. The van der Waals surface area contributed by atoms with Crippen molar-refractivity contribution in [2.45, 2.75) is 25.7 Å². The molecule has 1 aliphatic heterocycles. The molecule has 5 heterocycles. The summed E-state index contributed by atoms with van der Waals surface area (Å²) in [5.41, 5.74) is 0.270. The number of aliphatic hydroxyl groups excluding tert-OH is 1. The van der Waals surface area contributed by atoms with Gasteiger partial charge >= 0.3 is 6.18 Å². The third-order valence-electron chi connectivity index (χ3n) is 5.79. The summed E-state index contributed by atoms with van der Waals surface area (Å²) in [6, 6.07) is 4.85. The van der Waals surface area contributed by atoms with Crippen LogP contribution in [0.2, 0.25) is 0 Å². The van der Waals surface area contributed by atoms with Crippen molar-refractivity contribution in [2.75, 3.05) is 13.2 Å². The first-order valence-corrected chi connectivity index (χ1v) is 11.1. The fourth-order valence-corrected chi connectivity index (χ4v) is 4.62. The minimum Gasteiger partial charge on any atom is -0.390 e. The highest BCUT2D eigenvalue weighted by atomic mass is 32.1. The Morgan fingerprint density at radius 1 is 1.32 bits per heavy atom. The number of nitrogens with zero attached hydrogens (tertiary/aromatic N) is 5. The first kappa shape index (κ1) is 22.6. The normalized spacial score (nSPS) is 20.8. The molecule has 0 radical (unpaired) electrons. The van der Waals surface area contributed by atoms with Crippen molar-refractivity contribution in [2.24, 2.45) is 5.41 Å². The van der Waals surface area contributed by atoms with Crippen LogP contribution in [0, 0.1) is 5.41 Å². The molecule has 1 unspecified atom stereocenters. The topological polar surface area (TPSA) is 103 Å². The summed E-state index contributed by atoms with van der Waals surface area (Å²) < 4.78 is 46.1. The van der Waals surface area contributed by atoms with E-state index in [4.69, 9.17) is 4.74 Å². The summed E-state index contributed by atoms with van der Waals surface area (Å²) in [4.78, 5) is 30.2. The monoisotopic (exact) mass is 489 g/mol. The predicted molar refractivity (Wildman–Crippen MR) is 118 cm³/mol. The molecule has 0 aliphatic carbocycles. The number of alkyl halides is 3. The smallest absolute Gasteiger partial charge is 0.390 e. The van der Waals surface area contributed by atoms with E-state index in [9.17, 15) is 23.1 Å². The molecule has 0 spiro atoms. The number of rotatable bonds is 4. The molecule has 0 aromatic carbocycles. The van der Waals surface area contributed by atoms with Gasteiger partial charge in [-0.15, -0.1) is 11.3 Å². The van der Waals surface area contributed by atoms with E-state index in [1.807, 2.05) is 6.92 Å². The number of aromatic nitrogens is 5. The van der Waals surface area contributed by atoms with Crippen LogP contribution in [0.15, 0.2) is 47.9 Å². The van der Waals surface area contributed by atoms with Gasteiger partial charge in [0.05, 0.1) is 47.3 Å². The van der Waals surface area contributed by atoms with Gasteiger partial charge in [0.25, 0.3) is 5.56 Å². The van der Waals surface area contributed by atoms with Gasteiger partial charge in [-0.05, 0) is 18.2 Å². The molecule has 4 aromatic heterocycles. The zero-order valence-electron chi connectivity index (χ0n) is 17.8. The highest BCUT2D eigenvalue weighted by Crippen LogP contribution is 2.37. The molecule has 2 atom stereocenters. The molecule has 1 fully saturated rings. The lowest BCUT2D eigenvalue weighted by Crippen LogP contribution is -2.38. The van der Waals surface area contributed by atoms with Crippen LogP contribution in [0.3, 0.4) is 0 Å². The van der Waals surface area contributed by atoms with Crippen molar-refractivity contribution >= 4 is 22.2 Å². The van der Waals surface area contributed by atoms with Gasteiger partial charge in [-0.1, -0.05) is 6.92 Å². The van der Waals surface area contributed by atoms with Crippen LogP contribution in [-0.2, 0) is 17.5 Å². The van der Waals surface area contributed by atoms with Gasteiger partial charge in [0.1, 0.15) is 5.52 Å². The summed E-state index contributed by atoms with van der Waals surface area (Å²) in [7, 11) is 0. The lowest BCUT2D eigenvalue weighted by atomic mass is 9.87. The maximum Gasteiger partial charge on any atom is 0.443 e. The Balaban J connectivity index is 1.70. The Labute approximate surface area is 194 Å². The zero-order valence-corrected chi connectivity index (χ0v) is 18.6. The van der Waals surface area contributed by atoms with Gasteiger partial charge in [-0.25, -0.2) is 15.0 Å². The largest absolute Gasteiger partial charge is 0.443 e. The van der Waals surface area contributed by atoms with E-state index in [0.29, 0.717) is 28.1 Å². The summed E-state index contributed by atoms with van der Waals surface area (Å²) in [5, 5.41) is 9.48. The van der Waals surface area contributed by atoms with Crippen LogP contribution in [0.25, 0.3) is 32.7 Å². The van der Waals surface area contributed by atoms with Crippen molar-refractivity contribution in [1.29, 1.82) is 0 Å². The molecule has 1 aliphatic rings. The lowest BCUT2D eigenvalue weighted by Gasteiger charge is -2.26. The molecule has 0 bridgehead atoms. The summed E-state index contributed by atoms with van der Waals surface area (Å²) >= 11 is 0.448. The van der Waals surface area contributed by atoms with E-state index in [1.54, 1.807) is 24.5 Å². The van der Waals surface area contributed by atoms with Gasteiger partial charge in [-0.3, -0.25) is 14.3 Å². The Bertz CT molecular complexity index is 1420. The Morgan fingerprint density at radius 2 is 2.15 bits per heavy atom. The minimum atomic E-state index is -4.58. The number of aliphatic hydroxyl groups is 1. The standard InChI is InChI=1S/C22H18F3N5O3S/c1-21(10-33-8-16(21)31)9-30-11-28-18-13(19(30)32)5-14(15-7-27-20(34-15)22(23,24)25)29-17(18)12-3-2-4-26-6-12/h2-7,11,16,31H,8-10H2,1H3/t16-,21?/m1/s1. The molecule has 34 heavy (non-hydrogen) atoms. The molecule has 8 nitrogen and oxygen atoms in total. The number of ether oxygens (including phenoxy) is 1. The molecule has 176 valence electrons. The van der Waals surface area contributed by atoms with Crippen LogP contribution in [0.5, 0.6) is 0 Å². The van der Waals surface area contributed by atoms with Crippen LogP contribution < -0.4 is 5.56 Å². The van der Waals surface area contributed by atoms with Gasteiger partial charge in [0, 0.05) is 36.1 Å². The van der Waals surface area contributed by atoms with Gasteiger partial charge in [0.2, 0.25) is 0 Å². The molecule has 1 N–H and O–H groups in total. The number of pyridine rings is 2. The third-order valence-corrected chi connectivity index (χ3v) is 6.85. The minimum absolute atomic E-state index is 0.161. The first-order chi connectivity index (χ1) is 16.2. The highest BCUT2D eigenvalue weighted by Gasteiger charge is 2.39. The second-order valence-corrected chi connectivity index (χ2v) is 9.41. The molecule has 12 heteroatoms. The van der Waals surface area contributed by atoms with Crippen molar-refractivity contribution in [3.05, 3.63) is 58.5 Å². The second kappa shape index (κ2) is 8.22. The molecule has 1 saturated heterocycles. The summed E-state index contributed by atoms with van der Waals surface area (Å²) in [5.74, 6) is 0. The van der Waals surface area contributed by atoms with Crippen molar-refractivity contribution < 1.29 is 23.0 Å². The molecule has 5 rings (SSSR count). The van der Waals surface area contributed by atoms with E-state index < -0.39 is 28.3 Å². The van der Waals surface area contributed by atoms with Gasteiger partial charge in [-0.2, -0.15) is 13.2 Å². The molecular weight excluding hydrogens is 471 g/mol. The number of halogens is 3. The van der Waals surface area contributed by atoms with Crippen molar-refractivity contribution in [3.8, 4) is 21.8 Å². The molecule has 0 saturated carbocycles. The Kier molecular flexibility index (Phi) is 5.46. The molecule has 0 amide bonds. The van der Waals surface area contributed by atoms with Crippen LogP contribution >= 0.6 is 11.3 Å². The Hall–Kier alpha value is -3.22. The maximum absolute atomic E-state index is 13.5. The fourth-order valence-electron chi connectivity index (χ4n) is 3.87.